The lowest BCUT2D eigenvalue weighted by molar-refractivity contribution is 0.502. The minimum absolute atomic E-state index is 0.999. The fourth-order valence-electron chi connectivity index (χ4n) is 4.93. The van der Waals surface area contributed by atoms with Crippen molar-refractivity contribution < 1.29 is 9.79 Å². The molecule has 35 heavy (non-hydrogen) atoms. The molecule has 0 saturated carbocycles. The van der Waals surface area contributed by atoms with Crippen molar-refractivity contribution in [3.63, 3.8) is 0 Å². The van der Waals surface area contributed by atoms with Crippen LogP contribution in [-0.4, -0.2) is 9.79 Å². The third-order valence-electron chi connectivity index (χ3n) is 7.03. The van der Waals surface area contributed by atoms with E-state index in [2.05, 4.69) is 26.0 Å². The van der Waals surface area contributed by atoms with Gasteiger partial charge in [-0.1, -0.05) is 142 Å². The summed E-state index contributed by atoms with van der Waals surface area (Å²) in [5.41, 5.74) is -0.583. The SMILES string of the molecule is CCCCCCCCCCCCc1cccc(SP(O)(O)=S)c1CCCCCCCCCCCC. The number of benzene rings is 1. The van der Waals surface area contributed by atoms with Gasteiger partial charge in [0, 0.05) is 4.90 Å². The largest absolute Gasteiger partial charge is 0.337 e. The molecule has 1 aromatic carbocycles. The van der Waals surface area contributed by atoms with E-state index in [0.29, 0.717) is 0 Å². The second kappa shape index (κ2) is 22.2. The summed E-state index contributed by atoms with van der Waals surface area (Å²) in [6.45, 7) is 4.55. The molecular formula is C30H55O2PS2. The van der Waals surface area contributed by atoms with Crippen LogP contribution < -0.4 is 0 Å². The van der Waals surface area contributed by atoms with Crippen LogP contribution in [0.3, 0.4) is 0 Å². The van der Waals surface area contributed by atoms with Crippen LogP contribution in [0.5, 0.6) is 0 Å². The predicted octanol–water partition coefficient (Wildman–Crippen LogP) is 10.9. The van der Waals surface area contributed by atoms with Gasteiger partial charge >= 0.3 is 0 Å². The zero-order chi connectivity index (χ0) is 25.6. The van der Waals surface area contributed by atoms with Crippen molar-refractivity contribution in [2.24, 2.45) is 0 Å². The average molecular weight is 543 g/mol. The Hall–Kier alpha value is 0.140. The number of aryl methyl sites for hydroxylation is 1. The molecule has 0 heterocycles. The molecule has 0 aromatic heterocycles. The second-order valence-electron chi connectivity index (χ2n) is 10.3. The Morgan fingerprint density at radius 2 is 1.00 bits per heavy atom. The maximum atomic E-state index is 9.94. The summed E-state index contributed by atoms with van der Waals surface area (Å²) >= 11 is 6.07. The summed E-state index contributed by atoms with van der Waals surface area (Å²) in [5, 5.41) is 0. The molecule has 2 N–H and O–H groups in total. The highest BCUT2D eigenvalue weighted by Crippen LogP contribution is 2.56. The highest BCUT2D eigenvalue weighted by Gasteiger charge is 2.16. The minimum Gasteiger partial charge on any atom is -0.337 e. The zero-order valence-corrected chi connectivity index (χ0v) is 25.5. The fraction of sp³-hybridized carbons (Fsp3) is 0.800. The van der Waals surface area contributed by atoms with Gasteiger partial charge in [0.2, 0.25) is 5.69 Å². The lowest BCUT2D eigenvalue weighted by Gasteiger charge is -2.16. The maximum absolute atomic E-state index is 9.94. The molecule has 0 saturated heterocycles. The maximum Gasteiger partial charge on any atom is 0.246 e. The monoisotopic (exact) mass is 542 g/mol. The van der Waals surface area contributed by atoms with E-state index in [1.165, 1.54) is 140 Å². The van der Waals surface area contributed by atoms with Gasteiger partial charge in [0.15, 0.2) is 0 Å². The molecule has 0 spiro atoms. The zero-order valence-electron chi connectivity index (χ0n) is 22.9. The number of unbranched alkanes of at least 4 members (excludes halogenated alkanes) is 18. The van der Waals surface area contributed by atoms with Gasteiger partial charge in [-0.15, -0.1) is 0 Å². The van der Waals surface area contributed by atoms with Crippen molar-refractivity contribution in [3.05, 3.63) is 29.3 Å². The molecule has 0 unspecified atom stereocenters. The van der Waals surface area contributed by atoms with Crippen LogP contribution >= 0.6 is 17.1 Å². The first-order chi connectivity index (χ1) is 17.0. The van der Waals surface area contributed by atoms with Crippen LogP contribution in [0.15, 0.2) is 23.1 Å². The number of hydrogen-bond donors (Lipinski definition) is 2. The van der Waals surface area contributed by atoms with E-state index in [1.807, 2.05) is 6.07 Å². The summed E-state index contributed by atoms with van der Waals surface area (Å²) in [6, 6.07) is 6.36. The van der Waals surface area contributed by atoms with Crippen molar-refractivity contribution >= 4 is 28.9 Å². The van der Waals surface area contributed by atoms with Crippen LogP contribution in [0, 0.1) is 0 Å². The van der Waals surface area contributed by atoms with Gasteiger partial charge in [-0.25, -0.2) is 0 Å². The number of hydrogen-bond acceptors (Lipinski definition) is 2. The molecule has 0 fully saturated rings. The Balaban J connectivity index is 2.40. The molecule has 0 aliphatic heterocycles. The second-order valence-corrected chi connectivity index (χ2v) is 16.2. The summed E-state index contributed by atoms with van der Waals surface area (Å²) < 4.78 is 0. The molecule has 1 rings (SSSR count). The molecule has 1 aromatic rings. The Kier molecular flexibility index (Phi) is 21.0. The topological polar surface area (TPSA) is 40.5 Å². The third kappa shape index (κ3) is 18.9. The smallest absolute Gasteiger partial charge is 0.246 e. The van der Waals surface area contributed by atoms with Crippen LogP contribution in [0.1, 0.15) is 153 Å². The normalized spacial score (nSPS) is 11.9. The van der Waals surface area contributed by atoms with E-state index in [-0.39, 0.29) is 0 Å². The van der Waals surface area contributed by atoms with Crippen LogP contribution in [-0.2, 0) is 24.6 Å². The molecule has 0 aliphatic carbocycles. The Bertz CT molecular complexity index is 674. The van der Waals surface area contributed by atoms with E-state index in [1.54, 1.807) is 0 Å². The van der Waals surface area contributed by atoms with Crippen molar-refractivity contribution in [2.75, 3.05) is 0 Å². The van der Waals surface area contributed by atoms with E-state index < -0.39 is 5.69 Å². The molecule has 0 atom stereocenters. The quantitative estimate of drug-likeness (QED) is 0.101. The van der Waals surface area contributed by atoms with Gasteiger partial charge in [0.25, 0.3) is 0 Å². The Labute approximate surface area is 227 Å². The highest BCUT2D eigenvalue weighted by molar-refractivity contribution is 8.67. The summed E-state index contributed by atoms with van der Waals surface area (Å²) in [6.07, 6.45) is 29.0. The minimum atomic E-state index is -3.30. The molecule has 5 heteroatoms. The summed E-state index contributed by atoms with van der Waals surface area (Å²) in [7, 11) is 0. The van der Waals surface area contributed by atoms with Crippen LogP contribution in [0.25, 0.3) is 0 Å². The Morgan fingerprint density at radius 3 is 1.43 bits per heavy atom. The van der Waals surface area contributed by atoms with Crippen LogP contribution in [0.4, 0.5) is 0 Å². The fourth-order valence-corrected chi connectivity index (χ4v) is 7.68. The predicted molar refractivity (Wildman–Crippen MR) is 162 cm³/mol. The van der Waals surface area contributed by atoms with Gasteiger partial charge in [0.05, 0.1) is 0 Å². The van der Waals surface area contributed by atoms with Gasteiger partial charge < -0.3 is 9.79 Å². The van der Waals surface area contributed by atoms with Crippen molar-refractivity contribution in [1.82, 2.24) is 0 Å². The molecule has 0 radical (unpaired) electrons. The lowest BCUT2D eigenvalue weighted by Crippen LogP contribution is -1.98. The van der Waals surface area contributed by atoms with Crippen molar-refractivity contribution in [2.45, 2.75) is 160 Å². The summed E-state index contributed by atoms with van der Waals surface area (Å²) in [5.74, 6) is 0. The van der Waals surface area contributed by atoms with Gasteiger partial charge in [-0.2, -0.15) is 0 Å². The molecule has 204 valence electrons. The highest BCUT2D eigenvalue weighted by atomic mass is 32.9. The number of rotatable bonds is 24. The average Bonchev–Trinajstić information content (AvgIpc) is 2.81. The van der Waals surface area contributed by atoms with E-state index >= 15 is 0 Å². The first kappa shape index (κ1) is 33.2. The first-order valence-electron chi connectivity index (χ1n) is 14.8. The van der Waals surface area contributed by atoms with E-state index in [0.717, 1.165) is 29.1 Å². The van der Waals surface area contributed by atoms with Crippen molar-refractivity contribution in [1.29, 1.82) is 0 Å². The summed E-state index contributed by atoms with van der Waals surface area (Å²) in [4.78, 5) is 20.9. The first-order valence-corrected chi connectivity index (χ1v) is 19.0. The molecule has 0 amide bonds. The molecule has 0 aliphatic rings. The Morgan fingerprint density at radius 1 is 0.600 bits per heavy atom. The third-order valence-corrected chi connectivity index (χ3v) is 9.82. The van der Waals surface area contributed by atoms with Crippen molar-refractivity contribution in [3.8, 4) is 0 Å². The molecule has 0 bridgehead atoms. The molecule has 2 nitrogen and oxygen atoms in total. The molecular weight excluding hydrogens is 487 g/mol. The van der Waals surface area contributed by atoms with Crippen LogP contribution in [0.2, 0.25) is 0 Å². The standard InChI is InChI=1S/C30H55O2PS2/c1-3-5-7-9-11-13-15-17-19-21-24-28-25-23-27-30(35-33(31,32)34)29(28)26-22-20-18-16-14-12-10-8-6-4-2/h23,25,27H,3-22,24,26H2,1-2H3,(H2,31,32,34). The van der Waals surface area contributed by atoms with E-state index in [4.69, 9.17) is 11.8 Å². The van der Waals surface area contributed by atoms with Gasteiger partial charge in [0.1, 0.15) is 0 Å². The lowest BCUT2D eigenvalue weighted by atomic mass is 9.96. The van der Waals surface area contributed by atoms with Gasteiger partial charge in [-0.3, -0.25) is 0 Å². The van der Waals surface area contributed by atoms with E-state index in [9.17, 15) is 9.79 Å². The van der Waals surface area contributed by atoms with Gasteiger partial charge in [-0.05, 0) is 66.1 Å².